The van der Waals surface area contributed by atoms with Crippen molar-refractivity contribution in [1.82, 2.24) is 4.98 Å². The highest BCUT2D eigenvalue weighted by atomic mass is 14.7. The summed E-state index contributed by atoms with van der Waals surface area (Å²) in [5, 5.41) is 9.61. The van der Waals surface area contributed by atoms with E-state index >= 15 is 0 Å². The van der Waals surface area contributed by atoms with Crippen molar-refractivity contribution in [2.24, 2.45) is 0 Å². The second kappa shape index (κ2) is 3.39. The molecule has 2 heteroatoms. The number of fused-ring (bicyclic) bond motifs is 1. The Balaban J connectivity index is 2.62. The Bertz CT molecular complexity index is 527. The summed E-state index contributed by atoms with van der Waals surface area (Å²) in [6, 6.07) is 8.22. The minimum absolute atomic E-state index is 1.06. The molecule has 0 atom stereocenters. The van der Waals surface area contributed by atoms with E-state index in [0.717, 1.165) is 16.5 Å². The molecule has 2 aromatic rings. The van der Waals surface area contributed by atoms with Crippen LogP contribution in [0.5, 0.6) is 0 Å². The summed E-state index contributed by atoms with van der Waals surface area (Å²) in [6.45, 7) is 2.06. The van der Waals surface area contributed by atoms with Gasteiger partial charge in [0.05, 0.1) is 6.07 Å². The number of benzene rings is 1. The summed E-state index contributed by atoms with van der Waals surface area (Å²) in [7, 11) is 0. The summed E-state index contributed by atoms with van der Waals surface area (Å²) in [5.41, 5.74) is 3.39. The van der Waals surface area contributed by atoms with Crippen molar-refractivity contribution in [3.8, 4) is 6.07 Å². The number of hydrogen-bond acceptors (Lipinski definition) is 1. The van der Waals surface area contributed by atoms with E-state index in [1.54, 1.807) is 0 Å². The molecule has 1 heterocycles. The Morgan fingerprint density at radius 2 is 2.29 bits per heavy atom. The third-order valence-corrected chi connectivity index (χ3v) is 2.21. The second-order valence-electron chi connectivity index (χ2n) is 3.26. The van der Waals surface area contributed by atoms with Crippen LogP contribution in [0.1, 0.15) is 11.1 Å². The number of aromatic amines is 1. The molecule has 0 aliphatic heterocycles. The molecule has 1 N–H and O–H groups in total. The van der Waals surface area contributed by atoms with Crippen molar-refractivity contribution >= 4 is 17.0 Å². The van der Waals surface area contributed by atoms with Crippen LogP contribution >= 0.6 is 0 Å². The zero-order chi connectivity index (χ0) is 9.97. The van der Waals surface area contributed by atoms with Gasteiger partial charge in [-0.1, -0.05) is 11.6 Å². The molecule has 0 radical (unpaired) electrons. The number of nitrogens with one attached hydrogen (secondary N) is 1. The molecule has 1 aromatic heterocycles. The zero-order valence-corrected chi connectivity index (χ0v) is 7.91. The van der Waals surface area contributed by atoms with Gasteiger partial charge in [0.1, 0.15) is 0 Å². The van der Waals surface area contributed by atoms with E-state index in [-0.39, 0.29) is 0 Å². The maximum Gasteiger partial charge on any atom is 0.0912 e. The molecule has 0 bridgehead atoms. The van der Waals surface area contributed by atoms with Crippen molar-refractivity contribution in [2.45, 2.75) is 6.92 Å². The first-order chi connectivity index (χ1) is 6.81. The fourth-order valence-corrected chi connectivity index (χ4v) is 1.52. The van der Waals surface area contributed by atoms with Crippen molar-refractivity contribution < 1.29 is 0 Å². The Kier molecular flexibility index (Phi) is 2.08. The lowest BCUT2D eigenvalue weighted by molar-refractivity contribution is 1.45. The number of allylic oxidation sites excluding steroid dienone is 1. The number of H-pyrrole nitrogens is 1. The van der Waals surface area contributed by atoms with E-state index in [1.165, 1.54) is 11.6 Å². The molecule has 0 saturated heterocycles. The molecule has 0 aliphatic rings. The van der Waals surface area contributed by atoms with Crippen molar-refractivity contribution in [3.05, 3.63) is 41.6 Å². The van der Waals surface area contributed by atoms with E-state index in [2.05, 4.69) is 24.0 Å². The highest BCUT2D eigenvalue weighted by Gasteiger charge is 1.99. The zero-order valence-electron chi connectivity index (χ0n) is 7.91. The van der Waals surface area contributed by atoms with Crippen molar-refractivity contribution in [3.63, 3.8) is 0 Å². The molecule has 1 aromatic carbocycles. The van der Waals surface area contributed by atoms with Gasteiger partial charge in [-0.05, 0) is 25.1 Å². The van der Waals surface area contributed by atoms with Crippen LogP contribution in [0, 0.1) is 18.3 Å². The summed E-state index contributed by atoms with van der Waals surface area (Å²) in [4.78, 5) is 3.16. The first-order valence-electron chi connectivity index (χ1n) is 4.45. The average molecular weight is 182 g/mol. The standard InChI is InChI=1S/C12H10N2/c1-9-4-5-12-11(7-9)10(8-14-12)3-2-6-13/h2-5,7-8,14H,1H3/b3-2+. The van der Waals surface area contributed by atoms with E-state index in [4.69, 9.17) is 5.26 Å². The van der Waals surface area contributed by atoms with Gasteiger partial charge in [0, 0.05) is 28.7 Å². The molecule has 2 nitrogen and oxygen atoms in total. The first kappa shape index (κ1) is 8.58. The average Bonchev–Trinajstić information content (AvgIpc) is 2.57. The third-order valence-electron chi connectivity index (χ3n) is 2.21. The molecular weight excluding hydrogens is 172 g/mol. The molecule has 68 valence electrons. The van der Waals surface area contributed by atoms with Crippen LogP contribution < -0.4 is 0 Å². The minimum Gasteiger partial charge on any atom is -0.361 e. The van der Waals surface area contributed by atoms with Crippen LogP contribution in [0.4, 0.5) is 0 Å². The quantitative estimate of drug-likeness (QED) is 0.676. The monoisotopic (exact) mass is 182 g/mol. The van der Waals surface area contributed by atoms with Crippen molar-refractivity contribution in [2.75, 3.05) is 0 Å². The molecule has 2 rings (SSSR count). The minimum atomic E-state index is 1.06. The Morgan fingerprint density at radius 1 is 1.43 bits per heavy atom. The van der Waals surface area contributed by atoms with Gasteiger partial charge < -0.3 is 4.98 Å². The predicted molar refractivity (Wildman–Crippen MR) is 57.7 cm³/mol. The summed E-state index contributed by atoms with van der Waals surface area (Å²) < 4.78 is 0. The predicted octanol–water partition coefficient (Wildman–Crippen LogP) is 3.01. The molecule has 0 amide bonds. The Hall–Kier alpha value is -2.01. The largest absolute Gasteiger partial charge is 0.361 e. The van der Waals surface area contributed by atoms with Crippen LogP contribution in [0.25, 0.3) is 17.0 Å². The summed E-state index contributed by atoms with van der Waals surface area (Å²) >= 11 is 0. The molecule has 0 unspecified atom stereocenters. The number of nitrogens with zero attached hydrogens (tertiary/aromatic N) is 1. The third kappa shape index (κ3) is 1.40. The number of nitriles is 1. The molecule has 0 spiro atoms. The first-order valence-corrected chi connectivity index (χ1v) is 4.45. The van der Waals surface area contributed by atoms with Crippen LogP contribution in [0.3, 0.4) is 0 Å². The smallest absolute Gasteiger partial charge is 0.0912 e. The lowest BCUT2D eigenvalue weighted by Gasteiger charge is -1.93. The number of aromatic nitrogens is 1. The number of aryl methyl sites for hydroxylation is 1. The van der Waals surface area contributed by atoms with Gasteiger partial charge in [-0.2, -0.15) is 5.26 Å². The lowest BCUT2D eigenvalue weighted by atomic mass is 10.1. The van der Waals surface area contributed by atoms with Crippen LogP contribution in [-0.2, 0) is 0 Å². The summed E-state index contributed by atoms with van der Waals surface area (Å²) in [5.74, 6) is 0. The summed E-state index contributed by atoms with van der Waals surface area (Å²) in [6.07, 6.45) is 5.22. The molecule has 14 heavy (non-hydrogen) atoms. The molecule has 0 aliphatic carbocycles. The number of hydrogen-bond donors (Lipinski definition) is 1. The van der Waals surface area contributed by atoms with Gasteiger partial charge in [0.15, 0.2) is 0 Å². The van der Waals surface area contributed by atoms with Crippen LogP contribution in [0.2, 0.25) is 0 Å². The molecule has 0 fully saturated rings. The normalized spacial score (nSPS) is 10.9. The van der Waals surface area contributed by atoms with Crippen LogP contribution in [-0.4, -0.2) is 4.98 Å². The molecular formula is C12H10N2. The van der Waals surface area contributed by atoms with Gasteiger partial charge in [0.25, 0.3) is 0 Å². The lowest BCUT2D eigenvalue weighted by Crippen LogP contribution is -1.72. The van der Waals surface area contributed by atoms with Gasteiger partial charge in [0.2, 0.25) is 0 Å². The maximum absolute atomic E-state index is 8.44. The van der Waals surface area contributed by atoms with Gasteiger partial charge in [-0.15, -0.1) is 0 Å². The Morgan fingerprint density at radius 3 is 3.07 bits per heavy atom. The Labute approximate surface area is 82.5 Å². The number of rotatable bonds is 1. The molecule has 0 saturated carbocycles. The highest BCUT2D eigenvalue weighted by Crippen LogP contribution is 2.20. The second-order valence-corrected chi connectivity index (χ2v) is 3.26. The fraction of sp³-hybridized carbons (Fsp3) is 0.0833. The fourth-order valence-electron chi connectivity index (χ4n) is 1.52. The van der Waals surface area contributed by atoms with Gasteiger partial charge >= 0.3 is 0 Å². The van der Waals surface area contributed by atoms with Gasteiger partial charge in [-0.3, -0.25) is 0 Å². The van der Waals surface area contributed by atoms with E-state index in [9.17, 15) is 0 Å². The highest BCUT2D eigenvalue weighted by molar-refractivity contribution is 5.89. The van der Waals surface area contributed by atoms with Gasteiger partial charge in [-0.25, -0.2) is 0 Å². The van der Waals surface area contributed by atoms with E-state index in [1.807, 2.05) is 24.4 Å². The van der Waals surface area contributed by atoms with Crippen LogP contribution in [0.15, 0.2) is 30.5 Å². The van der Waals surface area contributed by atoms with Crippen molar-refractivity contribution in [1.29, 1.82) is 5.26 Å². The van der Waals surface area contributed by atoms with E-state index < -0.39 is 0 Å². The maximum atomic E-state index is 8.44. The SMILES string of the molecule is Cc1ccc2[nH]cc(/C=C/C#N)c2c1. The topological polar surface area (TPSA) is 39.6 Å². The van der Waals surface area contributed by atoms with E-state index in [0.29, 0.717) is 0 Å².